The van der Waals surface area contributed by atoms with E-state index in [0.29, 0.717) is 11.3 Å². The molecule has 0 unspecified atom stereocenters. The van der Waals surface area contributed by atoms with Crippen molar-refractivity contribution in [2.75, 3.05) is 5.43 Å². The fourth-order valence-electron chi connectivity index (χ4n) is 2.16. The third kappa shape index (κ3) is 2.89. The second kappa shape index (κ2) is 6.03. The minimum absolute atomic E-state index is 0.183. The second-order valence-electron chi connectivity index (χ2n) is 4.80. The molecule has 0 atom stereocenters. The molecule has 6 heteroatoms. The molecule has 4 N–H and O–H groups in total. The van der Waals surface area contributed by atoms with Gasteiger partial charge < -0.3 is 10.2 Å². The lowest BCUT2D eigenvalue weighted by Crippen LogP contribution is -2.21. The molecule has 0 aliphatic rings. The van der Waals surface area contributed by atoms with Gasteiger partial charge in [0.1, 0.15) is 11.8 Å². The minimum Gasteiger partial charge on any atom is -0.454 e. The number of benzene rings is 2. The van der Waals surface area contributed by atoms with Crippen LogP contribution in [0.5, 0.6) is 0 Å². The Morgan fingerprint density at radius 2 is 1.96 bits per heavy atom. The molecule has 0 amide bonds. The number of rotatable bonds is 4. The Hall–Kier alpha value is -3.59. The van der Waals surface area contributed by atoms with Gasteiger partial charge in [-0.1, -0.05) is 42.5 Å². The zero-order chi connectivity index (χ0) is 16.2. The van der Waals surface area contributed by atoms with Gasteiger partial charge in [0.05, 0.1) is 5.69 Å². The smallest absolute Gasteiger partial charge is 0.201 e. The summed E-state index contributed by atoms with van der Waals surface area (Å²) in [6.07, 6.45) is 0. The second-order valence-corrected chi connectivity index (χ2v) is 4.80. The van der Waals surface area contributed by atoms with Crippen molar-refractivity contribution in [3.05, 3.63) is 54.6 Å². The van der Waals surface area contributed by atoms with Crippen LogP contribution in [-0.4, -0.2) is 11.5 Å². The van der Waals surface area contributed by atoms with Crippen LogP contribution in [0, 0.1) is 16.7 Å². The van der Waals surface area contributed by atoms with E-state index >= 15 is 0 Å². The van der Waals surface area contributed by atoms with Crippen LogP contribution < -0.4 is 11.2 Å². The predicted molar refractivity (Wildman–Crippen MR) is 90.2 cm³/mol. The molecule has 0 fully saturated rings. The van der Waals surface area contributed by atoms with E-state index in [1.54, 1.807) is 12.1 Å². The summed E-state index contributed by atoms with van der Waals surface area (Å²) in [4.78, 5) is 0. The first kappa shape index (κ1) is 14.4. The van der Waals surface area contributed by atoms with Crippen molar-refractivity contribution in [3.8, 4) is 17.4 Å². The lowest BCUT2D eigenvalue weighted by atomic mass is 10.1. The summed E-state index contributed by atoms with van der Waals surface area (Å²) in [6.45, 7) is 0. The summed E-state index contributed by atoms with van der Waals surface area (Å²) in [7, 11) is 0. The number of hydrazone groups is 1. The number of amidine groups is 1. The van der Waals surface area contributed by atoms with Gasteiger partial charge in [-0.2, -0.15) is 10.4 Å². The SMILES string of the molecule is N#C/C(=N\Nc1cccc2cc(-c3ccccc3)oc12)C(=N)N. The van der Waals surface area contributed by atoms with Crippen LogP contribution in [-0.2, 0) is 0 Å². The van der Waals surface area contributed by atoms with Gasteiger partial charge in [-0.3, -0.25) is 10.8 Å². The van der Waals surface area contributed by atoms with Crippen molar-refractivity contribution in [1.29, 1.82) is 10.7 Å². The number of para-hydroxylation sites is 1. The molecule has 112 valence electrons. The summed E-state index contributed by atoms with van der Waals surface area (Å²) >= 11 is 0. The van der Waals surface area contributed by atoms with Crippen molar-refractivity contribution in [1.82, 2.24) is 0 Å². The van der Waals surface area contributed by atoms with E-state index in [1.807, 2.05) is 48.5 Å². The van der Waals surface area contributed by atoms with Crippen LogP contribution in [0.4, 0.5) is 5.69 Å². The fourth-order valence-corrected chi connectivity index (χ4v) is 2.16. The van der Waals surface area contributed by atoms with Gasteiger partial charge in [-0.25, -0.2) is 0 Å². The number of hydrogen-bond donors (Lipinski definition) is 3. The largest absolute Gasteiger partial charge is 0.454 e. The normalized spacial score (nSPS) is 11.2. The molecular weight excluding hydrogens is 290 g/mol. The topological polar surface area (TPSA) is 111 Å². The first-order valence-corrected chi connectivity index (χ1v) is 6.85. The zero-order valence-corrected chi connectivity index (χ0v) is 12.1. The average Bonchev–Trinajstić information content (AvgIpc) is 3.01. The van der Waals surface area contributed by atoms with Gasteiger partial charge in [-0.05, 0) is 12.1 Å². The van der Waals surface area contributed by atoms with Crippen molar-refractivity contribution in [2.45, 2.75) is 0 Å². The maximum atomic E-state index is 8.88. The Morgan fingerprint density at radius 3 is 2.65 bits per heavy atom. The van der Waals surface area contributed by atoms with E-state index in [4.69, 9.17) is 20.8 Å². The third-order valence-electron chi connectivity index (χ3n) is 3.25. The summed E-state index contributed by atoms with van der Waals surface area (Å²) in [6, 6.07) is 19.0. The van der Waals surface area contributed by atoms with Crippen LogP contribution >= 0.6 is 0 Å². The van der Waals surface area contributed by atoms with E-state index in [9.17, 15) is 0 Å². The third-order valence-corrected chi connectivity index (χ3v) is 3.25. The highest BCUT2D eigenvalue weighted by Crippen LogP contribution is 2.32. The Balaban J connectivity index is 2.01. The van der Waals surface area contributed by atoms with E-state index in [2.05, 4.69) is 10.5 Å². The van der Waals surface area contributed by atoms with E-state index in [0.717, 1.165) is 16.7 Å². The molecule has 0 saturated carbocycles. The molecule has 1 heterocycles. The summed E-state index contributed by atoms with van der Waals surface area (Å²) in [5.41, 5.74) is 10.0. The number of furan rings is 1. The molecule has 0 saturated heterocycles. The Bertz CT molecular complexity index is 935. The van der Waals surface area contributed by atoms with Crippen LogP contribution in [0.2, 0.25) is 0 Å². The van der Waals surface area contributed by atoms with Crippen molar-refractivity contribution in [2.24, 2.45) is 10.8 Å². The van der Waals surface area contributed by atoms with Crippen molar-refractivity contribution in [3.63, 3.8) is 0 Å². The molecule has 0 aliphatic heterocycles. The molecule has 2 aromatic carbocycles. The number of fused-ring (bicyclic) bond motifs is 1. The number of nitriles is 1. The minimum atomic E-state index is -0.392. The van der Waals surface area contributed by atoms with Crippen LogP contribution in [0.25, 0.3) is 22.3 Å². The van der Waals surface area contributed by atoms with Crippen molar-refractivity contribution >= 4 is 28.2 Å². The van der Waals surface area contributed by atoms with Gasteiger partial charge in [0.15, 0.2) is 11.4 Å². The Labute approximate surface area is 132 Å². The fraction of sp³-hybridized carbons (Fsp3) is 0. The first-order chi connectivity index (χ1) is 11.2. The highest BCUT2D eigenvalue weighted by Gasteiger charge is 2.10. The summed E-state index contributed by atoms with van der Waals surface area (Å²) in [5.74, 6) is 0.350. The highest BCUT2D eigenvalue weighted by molar-refractivity contribution is 6.45. The molecule has 0 radical (unpaired) electrons. The number of nitrogens with one attached hydrogen (secondary N) is 2. The maximum Gasteiger partial charge on any atom is 0.201 e. The first-order valence-electron chi connectivity index (χ1n) is 6.85. The lowest BCUT2D eigenvalue weighted by Gasteiger charge is -2.02. The predicted octanol–water partition coefficient (Wildman–Crippen LogP) is 3.33. The van der Waals surface area contributed by atoms with Crippen molar-refractivity contribution < 1.29 is 4.42 Å². The summed E-state index contributed by atoms with van der Waals surface area (Å²) in [5, 5.41) is 20.9. The van der Waals surface area contributed by atoms with E-state index in [-0.39, 0.29) is 5.71 Å². The van der Waals surface area contributed by atoms with Gasteiger partial charge in [0, 0.05) is 10.9 Å². The van der Waals surface area contributed by atoms with Crippen LogP contribution in [0.15, 0.2) is 64.1 Å². The Morgan fingerprint density at radius 1 is 1.17 bits per heavy atom. The molecule has 0 aliphatic carbocycles. The molecule has 23 heavy (non-hydrogen) atoms. The molecule has 0 bridgehead atoms. The monoisotopic (exact) mass is 303 g/mol. The summed E-state index contributed by atoms with van der Waals surface area (Å²) < 4.78 is 5.91. The molecule has 3 rings (SSSR count). The highest BCUT2D eigenvalue weighted by atomic mass is 16.3. The molecule has 0 spiro atoms. The van der Waals surface area contributed by atoms with Gasteiger partial charge >= 0.3 is 0 Å². The molecule has 6 nitrogen and oxygen atoms in total. The number of anilines is 1. The van der Waals surface area contributed by atoms with Crippen LogP contribution in [0.1, 0.15) is 0 Å². The van der Waals surface area contributed by atoms with Crippen LogP contribution in [0.3, 0.4) is 0 Å². The molecular formula is C17H13N5O. The molecule has 3 aromatic rings. The standard InChI is InChI=1S/C17H13N5O/c18-10-14(17(19)20)22-21-13-8-4-7-12-9-15(23-16(12)13)11-5-2-1-3-6-11/h1-9,21H,(H3,19,20)/b22-14+. The van der Waals surface area contributed by atoms with E-state index < -0.39 is 5.84 Å². The number of nitrogens with zero attached hydrogens (tertiary/aromatic N) is 2. The lowest BCUT2D eigenvalue weighted by molar-refractivity contribution is 0.632. The zero-order valence-electron chi connectivity index (χ0n) is 12.1. The molecule has 1 aromatic heterocycles. The van der Waals surface area contributed by atoms with Gasteiger partial charge in [-0.15, -0.1) is 0 Å². The Kier molecular flexibility index (Phi) is 3.77. The quantitative estimate of drug-likeness (QED) is 0.390. The average molecular weight is 303 g/mol. The number of nitrogens with two attached hydrogens (primary N) is 1. The maximum absolute atomic E-state index is 8.88. The van der Waals surface area contributed by atoms with Gasteiger partial charge in [0.2, 0.25) is 5.71 Å². The number of hydrogen-bond acceptors (Lipinski definition) is 5. The van der Waals surface area contributed by atoms with Gasteiger partial charge in [0.25, 0.3) is 0 Å². The van der Waals surface area contributed by atoms with E-state index in [1.165, 1.54) is 0 Å².